The molecule has 22 heavy (non-hydrogen) atoms. The molecule has 0 saturated carbocycles. The summed E-state index contributed by atoms with van der Waals surface area (Å²) in [6.07, 6.45) is 5.57. The molecule has 1 aliphatic rings. The molecule has 0 aliphatic heterocycles. The Bertz CT molecular complexity index is 662. The van der Waals surface area contributed by atoms with Gasteiger partial charge in [0.1, 0.15) is 12.0 Å². The molecule has 0 spiro atoms. The van der Waals surface area contributed by atoms with Crippen LogP contribution in [0.15, 0.2) is 48.8 Å². The van der Waals surface area contributed by atoms with Gasteiger partial charge in [-0.15, -0.1) is 0 Å². The van der Waals surface area contributed by atoms with Crippen molar-refractivity contribution in [1.29, 1.82) is 0 Å². The highest BCUT2D eigenvalue weighted by atomic mass is 35.5. The zero-order chi connectivity index (χ0) is 15.4. The highest BCUT2D eigenvalue weighted by Gasteiger charge is 2.25. The summed E-state index contributed by atoms with van der Waals surface area (Å²) in [6.45, 7) is 1.25. The molecule has 0 fully saturated rings. The van der Waals surface area contributed by atoms with Gasteiger partial charge in [0.25, 0.3) is 0 Å². The molecule has 2 unspecified atom stereocenters. The summed E-state index contributed by atoms with van der Waals surface area (Å²) < 4.78 is 5.76. The predicted molar refractivity (Wildman–Crippen MR) is 87.6 cm³/mol. The lowest BCUT2D eigenvalue weighted by molar-refractivity contribution is 0.0933. The number of rotatable bonds is 6. The molecule has 5 nitrogen and oxygen atoms in total. The zero-order valence-electron chi connectivity index (χ0n) is 11.9. The average molecular weight is 317 g/mol. The van der Waals surface area contributed by atoms with Crippen molar-refractivity contribution in [2.75, 3.05) is 17.7 Å². The van der Waals surface area contributed by atoms with Gasteiger partial charge in [0, 0.05) is 5.92 Å². The van der Waals surface area contributed by atoms with Gasteiger partial charge in [0.15, 0.2) is 11.0 Å². The third-order valence-electron chi connectivity index (χ3n) is 3.59. The Morgan fingerprint density at radius 3 is 2.73 bits per heavy atom. The number of nitrogens with one attached hydrogen (secondary N) is 1. The first-order valence-corrected chi connectivity index (χ1v) is 7.44. The smallest absolute Gasteiger partial charge is 0.157 e. The van der Waals surface area contributed by atoms with Crippen molar-refractivity contribution < 1.29 is 4.74 Å². The second-order valence-electron chi connectivity index (χ2n) is 5.15. The molecule has 3 rings (SSSR count). The van der Waals surface area contributed by atoms with Crippen molar-refractivity contribution in [3.05, 3.63) is 59.5 Å². The van der Waals surface area contributed by atoms with E-state index in [2.05, 4.69) is 39.6 Å². The molecule has 1 heterocycles. The number of aromatic nitrogens is 2. The van der Waals surface area contributed by atoms with E-state index in [4.69, 9.17) is 22.1 Å². The number of nitrogens with zero attached hydrogens (tertiary/aromatic N) is 2. The second-order valence-corrected chi connectivity index (χ2v) is 5.50. The normalized spacial score (nSPS) is 19.7. The highest BCUT2D eigenvalue weighted by Crippen LogP contribution is 2.27. The molecular weight excluding hydrogens is 300 g/mol. The molecule has 6 heteroatoms. The second kappa shape index (κ2) is 6.77. The number of anilines is 2. The lowest BCUT2D eigenvalue weighted by atomic mass is 9.89. The first-order valence-electron chi connectivity index (χ1n) is 7.06. The highest BCUT2D eigenvalue weighted by molar-refractivity contribution is 6.32. The number of nitrogens with two attached hydrogens (primary N) is 1. The van der Waals surface area contributed by atoms with Crippen molar-refractivity contribution in [1.82, 2.24) is 9.97 Å². The van der Waals surface area contributed by atoms with Crippen molar-refractivity contribution in [3.8, 4) is 0 Å². The van der Waals surface area contributed by atoms with E-state index >= 15 is 0 Å². The van der Waals surface area contributed by atoms with Crippen LogP contribution >= 0.6 is 11.6 Å². The Balaban J connectivity index is 1.50. The topological polar surface area (TPSA) is 73.1 Å². The minimum Gasteiger partial charge on any atom is -0.393 e. The van der Waals surface area contributed by atoms with Crippen LogP contribution in [0, 0.1) is 5.92 Å². The molecule has 0 amide bonds. The Hall–Kier alpha value is -2.11. The maximum absolute atomic E-state index is 5.89. The van der Waals surface area contributed by atoms with E-state index in [-0.39, 0.29) is 17.1 Å². The van der Waals surface area contributed by atoms with Crippen LogP contribution in [-0.4, -0.2) is 22.6 Å². The minimum absolute atomic E-state index is 0.143. The Kier molecular flexibility index (Phi) is 4.56. The van der Waals surface area contributed by atoms with Crippen LogP contribution in [0.1, 0.15) is 5.56 Å². The van der Waals surface area contributed by atoms with Crippen molar-refractivity contribution in [2.45, 2.75) is 12.6 Å². The summed E-state index contributed by atoms with van der Waals surface area (Å²) in [7, 11) is 0. The van der Waals surface area contributed by atoms with Crippen LogP contribution in [-0.2, 0) is 11.3 Å². The number of benzene rings is 1. The van der Waals surface area contributed by atoms with E-state index in [9.17, 15) is 0 Å². The predicted octanol–water partition coefficient (Wildman–Crippen LogP) is 2.90. The average Bonchev–Trinajstić information content (AvgIpc) is 2.53. The van der Waals surface area contributed by atoms with Crippen molar-refractivity contribution in [3.63, 3.8) is 0 Å². The fourth-order valence-corrected chi connectivity index (χ4v) is 2.36. The van der Waals surface area contributed by atoms with Crippen LogP contribution in [0.25, 0.3) is 0 Å². The summed E-state index contributed by atoms with van der Waals surface area (Å²) >= 11 is 5.89. The SMILES string of the molecule is Nc1c(Cl)ncnc1NC1C=CC1COCc1ccccc1. The van der Waals surface area contributed by atoms with Gasteiger partial charge in [-0.3, -0.25) is 0 Å². The maximum atomic E-state index is 5.89. The van der Waals surface area contributed by atoms with E-state index in [0.717, 1.165) is 0 Å². The van der Waals surface area contributed by atoms with Gasteiger partial charge in [-0.25, -0.2) is 9.97 Å². The molecule has 2 aromatic rings. The molecule has 0 saturated heterocycles. The number of nitrogen functional groups attached to an aromatic ring is 1. The minimum atomic E-state index is 0.143. The van der Waals surface area contributed by atoms with E-state index in [1.54, 1.807) is 0 Å². The van der Waals surface area contributed by atoms with E-state index in [1.165, 1.54) is 11.9 Å². The van der Waals surface area contributed by atoms with Crippen LogP contribution in [0.2, 0.25) is 5.15 Å². The first kappa shape index (κ1) is 14.8. The zero-order valence-corrected chi connectivity index (χ0v) is 12.7. The molecular formula is C16H17ClN4O. The summed E-state index contributed by atoms with van der Waals surface area (Å²) in [5.74, 6) is 0.847. The number of hydrogen-bond donors (Lipinski definition) is 2. The Labute approximate surface area is 134 Å². The quantitative estimate of drug-likeness (QED) is 0.633. The van der Waals surface area contributed by atoms with Crippen LogP contribution in [0.4, 0.5) is 11.5 Å². The maximum Gasteiger partial charge on any atom is 0.157 e. The van der Waals surface area contributed by atoms with Crippen LogP contribution < -0.4 is 11.1 Å². The molecule has 114 valence electrons. The van der Waals surface area contributed by atoms with Crippen LogP contribution in [0.3, 0.4) is 0 Å². The molecule has 1 aromatic heterocycles. The number of halogens is 1. The Morgan fingerprint density at radius 2 is 2.00 bits per heavy atom. The third kappa shape index (κ3) is 3.37. The van der Waals surface area contributed by atoms with E-state index in [0.29, 0.717) is 24.7 Å². The first-order chi connectivity index (χ1) is 10.7. The fourth-order valence-electron chi connectivity index (χ4n) is 2.23. The third-order valence-corrected chi connectivity index (χ3v) is 3.89. The molecule has 3 N–H and O–H groups in total. The molecule has 1 aliphatic carbocycles. The summed E-state index contributed by atoms with van der Waals surface area (Å²) in [6, 6.07) is 10.3. The Morgan fingerprint density at radius 1 is 1.18 bits per heavy atom. The fraction of sp³-hybridized carbons (Fsp3) is 0.250. The lowest BCUT2D eigenvalue weighted by Gasteiger charge is -2.30. The van der Waals surface area contributed by atoms with Gasteiger partial charge in [-0.2, -0.15) is 0 Å². The monoisotopic (exact) mass is 316 g/mol. The van der Waals surface area contributed by atoms with Gasteiger partial charge in [-0.1, -0.05) is 54.1 Å². The molecule has 2 atom stereocenters. The van der Waals surface area contributed by atoms with Gasteiger partial charge in [0.2, 0.25) is 0 Å². The van der Waals surface area contributed by atoms with Gasteiger partial charge in [0.05, 0.1) is 19.3 Å². The molecule has 1 aromatic carbocycles. The number of hydrogen-bond acceptors (Lipinski definition) is 5. The summed E-state index contributed by atoms with van der Waals surface area (Å²) in [4.78, 5) is 7.96. The van der Waals surface area contributed by atoms with Crippen LogP contribution in [0.5, 0.6) is 0 Å². The largest absolute Gasteiger partial charge is 0.393 e. The van der Waals surface area contributed by atoms with Crippen molar-refractivity contribution >= 4 is 23.1 Å². The summed E-state index contributed by atoms with van der Waals surface area (Å²) in [5.41, 5.74) is 7.39. The molecule has 0 radical (unpaired) electrons. The van der Waals surface area contributed by atoms with Crippen molar-refractivity contribution in [2.24, 2.45) is 5.92 Å². The van der Waals surface area contributed by atoms with Gasteiger partial charge >= 0.3 is 0 Å². The van der Waals surface area contributed by atoms with E-state index in [1.807, 2.05) is 18.2 Å². The van der Waals surface area contributed by atoms with Gasteiger partial charge < -0.3 is 15.8 Å². The molecule has 0 bridgehead atoms. The standard InChI is InChI=1S/C16H17ClN4O/c17-15-14(18)16(20-10-19-15)21-13-7-6-12(13)9-22-8-11-4-2-1-3-5-11/h1-7,10,12-13H,8-9,18H2,(H,19,20,21). The van der Waals surface area contributed by atoms with E-state index < -0.39 is 0 Å². The van der Waals surface area contributed by atoms with Gasteiger partial charge in [-0.05, 0) is 5.56 Å². The number of ether oxygens (including phenoxy) is 1. The summed E-state index contributed by atoms with van der Waals surface area (Å²) in [5, 5.41) is 3.52. The lowest BCUT2D eigenvalue weighted by Crippen LogP contribution is -2.36.